The van der Waals surface area contributed by atoms with Crippen LogP contribution in [0.1, 0.15) is 24.3 Å². The monoisotopic (exact) mass is 442 g/mol. The molecule has 2 N–H and O–H groups in total. The summed E-state index contributed by atoms with van der Waals surface area (Å²) in [4.78, 5) is 32.1. The number of oxazole rings is 1. The molecule has 3 heterocycles. The maximum absolute atomic E-state index is 13.0. The quantitative estimate of drug-likeness (QED) is 0.620. The predicted octanol–water partition coefficient (Wildman–Crippen LogP) is 4.21. The predicted molar refractivity (Wildman–Crippen MR) is 116 cm³/mol. The summed E-state index contributed by atoms with van der Waals surface area (Å²) in [5.41, 5.74) is 1.18. The minimum atomic E-state index is -0.355. The molecule has 0 atom stereocenters. The van der Waals surface area contributed by atoms with Gasteiger partial charge in [0, 0.05) is 24.8 Å². The molecular weight excluding hydrogens is 419 g/mol. The fourth-order valence-electron chi connectivity index (χ4n) is 3.51. The van der Waals surface area contributed by atoms with Crippen LogP contribution in [0, 0.1) is 12.7 Å². The minimum absolute atomic E-state index is 0.00310. The SMILES string of the molecule is Cc1oc(-c2cccs2)nc1CC(=O)N1CCC(NC(=O)Nc2ccc(F)cc2)CC1. The summed E-state index contributed by atoms with van der Waals surface area (Å²) >= 11 is 1.54. The molecule has 1 aliphatic rings. The molecule has 0 bridgehead atoms. The van der Waals surface area contributed by atoms with Crippen LogP contribution in [0.3, 0.4) is 0 Å². The van der Waals surface area contributed by atoms with Gasteiger partial charge >= 0.3 is 6.03 Å². The van der Waals surface area contributed by atoms with E-state index in [4.69, 9.17) is 4.42 Å². The van der Waals surface area contributed by atoms with Gasteiger partial charge in [-0.15, -0.1) is 11.3 Å². The summed E-state index contributed by atoms with van der Waals surface area (Å²) in [5.74, 6) is 0.853. The zero-order valence-electron chi connectivity index (χ0n) is 17.1. The van der Waals surface area contributed by atoms with E-state index in [-0.39, 0.29) is 30.2 Å². The third-order valence-corrected chi connectivity index (χ3v) is 6.09. The number of aryl methyl sites for hydroxylation is 1. The summed E-state index contributed by atoms with van der Waals surface area (Å²) in [6, 6.07) is 9.10. The van der Waals surface area contributed by atoms with Crippen molar-refractivity contribution in [3.8, 4) is 10.8 Å². The van der Waals surface area contributed by atoms with Crippen LogP contribution in [-0.2, 0) is 11.2 Å². The van der Waals surface area contributed by atoms with E-state index >= 15 is 0 Å². The highest BCUT2D eigenvalue weighted by atomic mass is 32.1. The van der Waals surface area contributed by atoms with E-state index in [0.29, 0.717) is 49.0 Å². The molecule has 0 saturated carbocycles. The molecule has 162 valence electrons. The lowest BCUT2D eigenvalue weighted by Gasteiger charge is -2.32. The van der Waals surface area contributed by atoms with Crippen molar-refractivity contribution in [2.45, 2.75) is 32.2 Å². The van der Waals surface area contributed by atoms with Gasteiger partial charge in [0.2, 0.25) is 11.8 Å². The number of likely N-dealkylation sites (tertiary alicyclic amines) is 1. The van der Waals surface area contributed by atoms with Crippen LogP contribution in [-0.4, -0.2) is 41.0 Å². The molecule has 31 heavy (non-hydrogen) atoms. The third kappa shape index (κ3) is 5.29. The number of piperidine rings is 1. The standard InChI is InChI=1S/C22H23FN4O3S/c1-14-18(26-21(30-14)19-3-2-12-31-19)13-20(28)27-10-8-17(9-11-27)25-22(29)24-16-6-4-15(23)5-7-16/h2-7,12,17H,8-11,13H2,1H3,(H2,24,25,29). The number of nitrogens with one attached hydrogen (secondary N) is 2. The molecule has 1 aromatic carbocycles. The molecule has 0 aliphatic carbocycles. The maximum Gasteiger partial charge on any atom is 0.319 e. The minimum Gasteiger partial charge on any atom is -0.440 e. The molecule has 3 amide bonds. The van der Waals surface area contributed by atoms with Gasteiger partial charge < -0.3 is 20.0 Å². The second-order valence-corrected chi connectivity index (χ2v) is 8.38. The molecule has 0 radical (unpaired) electrons. The van der Waals surface area contributed by atoms with Crippen LogP contribution >= 0.6 is 11.3 Å². The Labute approximate surface area is 183 Å². The molecule has 0 spiro atoms. The molecule has 0 unspecified atom stereocenters. The first-order valence-electron chi connectivity index (χ1n) is 10.1. The van der Waals surface area contributed by atoms with Crippen molar-refractivity contribution in [2.75, 3.05) is 18.4 Å². The number of aromatic nitrogens is 1. The highest BCUT2D eigenvalue weighted by molar-refractivity contribution is 7.13. The van der Waals surface area contributed by atoms with Gasteiger partial charge in [-0.2, -0.15) is 0 Å². The first-order chi connectivity index (χ1) is 15.0. The van der Waals surface area contributed by atoms with Gasteiger partial charge in [0.25, 0.3) is 0 Å². The maximum atomic E-state index is 13.0. The second-order valence-electron chi connectivity index (χ2n) is 7.44. The van der Waals surface area contributed by atoms with E-state index in [2.05, 4.69) is 15.6 Å². The number of hydrogen-bond acceptors (Lipinski definition) is 5. The molecule has 1 aliphatic heterocycles. The topological polar surface area (TPSA) is 87.5 Å². The molecule has 7 nitrogen and oxygen atoms in total. The Morgan fingerprint density at radius 2 is 1.97 bits per heavy atom. The zero-order chi connectivity index (χ0) is 21.8. The van der Waals surface area contributed by atoms with Crippen LogP contribution in [0.15, 0.2) is 46.2 Å². The Bertz CT molecular complexity index is 1040. The number of urea groups is 1. The molecule has 9 heteroatoms. The number of anilines is 1. The molecule has 1 saturated heterocycles. The number of rotatable bonds is 5. The molecule has 3 aromatic rings. The summed E-state index contributed by atoms with van der Waals surface area (Å²) in [5, 5.41) is 7.56. The lowest BCUT2D eigenvalue weighted by Crippen LogP contribution is -2.48. The number of carbonyl (C=O) groups is 2. The zero-order valence-corrected chi connectivity index (χ0v) is 17.9. The van der Waals surface area contributed by atoms with Gasteiger partial charge in [0.05, 0.1) is 17.0 Å². The van der Waals surface area contributed by atoms with Crippen LogP contribution in [0.25, 0.3) is 10.8 Å². The molecule has 2 aromatic heterocycles. The van der Waals surface area contributed by atoms with Gasteiger partial charge in [0.1, 0.15) is 11.6 Å². The first kappa shape index (κ1) is 21.0. The number of halogens is 1. The van der Waals surface area contributed by atoms with E-state index in [1.165, 1.54) is 24.3 Å². The average Bonchev–Trinajstić information content (AvgIpc) is 3.40. The van der Waals surface area contributed by atoms with Crippen molar-refractivity contribution in [1.82, 2.24) is 15.2 Å². The van der Waals surface area contributed by atoms with Crippen molar-refractivity contribution >= 4 is 29.0 Å². The van der Waals surface area contributed by atoms with E-state index in [9.17, 15) is 14.0 Å². The van der Waals surface area contributed by atoms with E-state index in [0.717, 1.165) is 4.88 Å². The summed E-state index contributed by atoms with van der Waals surface area (Å²) in [7, 11) is 0. The number of hydrogen-bond donors (Lipinski definition) is 2. The van der Waals surface area contributed by atoms with Gasteiger partial charge in [-0.25, -0.2) is 14.2 Å². The van der Waals surface area contributed by atoms with Crippen molar-refractivity contribution in [2.24, 2.45) is 0 Å². The van der Waals surface area contributed by atoms with Crippen LogP contribution in [0.2, 0.25) is 0 Å². The summed E-state index contributed by atoms with van der Waals surface area (Å²) < 4.78 is 18.7. The second kappa shape index (κ2) is 9.30. The lowest BCUT2D eigenvalue weighted by molar-refractivity contribution is -0.131. The third-order valence-electron chi connectivity index (χ3n) is 5.23. The fraction of sp³-hybridized carbons (Fsp3) is 0.318. The smallest absolute Gasteiger partial charge is 0.319 e. The Morgan fingerprint density at radius 3 is 2.65 bits per heavy atom. The Kier molecular flexibility index (Phi) is 6.31. The van der Waals surface area contributed by atoms with Gasteiger partial charge in [0.15, 0.2) is 0 Å². The molecule has 1 fully saturated rings. The van der Waals surface area contributed by atoms with Crippen molar-refractivity contribution < 1.29 is 18.4 Å². The number of carbonyl (C=O) groups excluding carboxylic acids is 2. The molecule has 4 rings (SSSR count). The van der Waals surface area contributed by atoms with Crippen LogP contribution in [0.4, 0.5) is 14.9 Å². The highest BCUT2D eigenvalue weighted by Crippen LogP contribution is 2.26. The van der Waals surface area contributed by atoms with Gasteiger partial charge in [-0.1, -0.05) is 6.07 Å². The van der Waals surface area contributed by atoms with Crippen molar-refractivity contribution in [3.05, 3.63) is 59.0 Å². The van der Waals surface area contributed by atoms with Gasteiger partial charge in [-0.3, -0.25) is 4.79 Å². The number of nitrogens with zero attached hydrogens (tertiary/aromatic N) is 2. The van der Waals surface area contributed by atoms with E-state index < -0.39 is 0 Å². The number of benzene rings is 1. The number of thiophene rings is 1. The summed E-state index contributed by atoms with van der Waals surface area (Å²) in [6.07, 6.45) is 1.53. The van der Waals surface area contributed by atoms with Crippen molar-refractivity contribution in [1.29, 1.82) is 0 Å². The van der Waals surface area contributed by atoms with Crippen molar-refractivity contribution in [3.63, 3.8) is 0 Å². The number of amides is 3. The van der Waals surface area contributed by atoms with Crippen LogP contribution in [0.5, 0.6) is 0 Å². The van der Waals surface area contributed by atoms with Crippen LogP contribution < -0.4 is 10.6 Å². The molecular formula is C22H23FN4O3S. The fourth-order valence-corrected chi connectivity index (χ4v) is 4.16. The Hall–Kier alpha value is -3.20. The lowest BCUT2D eigenvalue weighted by atomic mass is 10.0. The average molecular weight is 443 g/mol. The largest absolute Gasteiger partial charge is 0.440 e. The summed E-state index contributed by atoms with van der Waals surface area (Å²) in [6.45, 7) is 2.95. The first-order valence-corrected chi connectivity index (χ1v) is 11.0. The van der Waals surface area contributed by atoms with E-state index in [1.54, 1.807) is 16.2 Å². The van der Waals surface area contributed by atoms with E-state index in [1.807, 2.05) is 24.4 Å². The Balaban J connectivity index is 1.25. The Morgan fingerprint density at radius 1 is 1.23 bits per heavy atom. The van der Waals surface area contributed by atoms with Gasteiger partial charge in [-0.05, 0) is 55.5 Å². The highest BCUT2D eigenvalue weighted by Gasteiger charge is 2.25. The normalized spacial score (nSPS) is 14.5.